The number of aliphatic carboxylic acids is 2. The average molecular weight is 199 g/mol. The van der Waals surface area contributed by atoms with Crippen LogP contribution in [-0.2, 0) is 9.59 Å². The summed E-state index contributed by atoms with van der Waals surface area (Å²) in [5.74, 6) is -3.06. The SMILES string of the molecule is N[C@]1(C(=O)O)[C@H]2CC[C@@H]1[C@H](C(=O)O)C2. The lowest BCUT2D eigenvalue weighted by Crippen LogP contribution is -2.53. The molecule has 0 aromatic rings. The van der Waals surface area contributed by atoms with Gasteiger partial charge in [-0.25, -0.2) is 0 Å². The van der Waals surface area contributed by atoms with Crippen molar-refractivity contribution in [2.45, 2.75) is 24.8 Å². The minimum atomic E-state index is -1.29. The number of carbonyl (C=O) groups is 2. The standard InChI is InChI=1S/C9H13NO4/c10-9(8(13)14)4-1-2-6(9)5(3-4)7(11)12/h4-6H,1-3,10H2,(H,11,12)(H,13,14)/t4-,5+,6+,9+/m0/s1. The maximum absolute atomic E-state index is 11.0. The van der Waals surface area contributed by atoms with Crippen molar-refractivity contribution in [3.05, 3.63) is 0 Å². The van der Waals surface area contributed by atoms with Gasteiger partial charge < -0.3 is 15.9 Å². The Kier molecular flexibility index (Phi) is 1.82. The van der Waals surface area contributed by atoms with Gasteiger partial charge in [-0.15, -0.1) is 0 Å². The molecule has 0 heterocycles. The quantitative estimate of drug-likeness (QED) is 0.576. The molecular formula is C9H13NO4. The largest absolute Gasteiger partial charge is 0.481 e. The summed E-state index contributed by atoms with van der Waals surface area (Å²) in [4.78, 5) is 21.9. The van der Waals surface area contributed by atoms with E-state index in [9.17, 15) is 9.59 Å². The van der Waals surface area contributed by atoms with Gasteiger partial charge in [-0.1, -0.05) is 0 Å². The Morgan fingerprint density at radius 1 is 1.29 bits per heavy atom. The predicted molar refractivity (Wildman–Crippen MR) is 46.5 cm³/mol. The molecule has 4 N–H and O–H groups in total. The first-order chi connectivity index (χ1) is 6.48. The minimum absolute atomic E-state index is 0.161. The first-order valence-corrected chi connectivity index (χ1v) is 4.73. The molecule has 0 aliphatic heterocycles. The zero-order chi connectivity index (χ0) is 10.5. The van der Waals surface area contributed by atoms with Crippen LogP contribution in [0.2, 0.25) is 0 Å². The van der Waals surface area contributed by atoms with Crippen LogP contribution >= 0.6 is 0 Å². The molecular weight excluding hydrogens is 186 g/mol. The van der Waals surface area contributed by atoms with Gasteiger partial charge in [0.1, 0.15) is 5.54 Å². The number of carboxylic acids is 2. The molecule has 4 atom stereocenters. The summed E-state index contributed by atoms with van der Waals surface area (Å²) in [5.41, 5.74) is 4.53. The molecule has 0 radical (unpaired) electrons. The maximum Gasteiger partial charge on any atom is 0.324 e. The first kappa shape index (κ1) is 9.45. The van der Waals surface area contributed by atoms with Crippen molar-refractivity contribution < 1.29 is 19.8 Å². The fourth-order valence-corrected chi connectivity index (χ4v) is 3.09. The van der Waals surface area contributed by atoms with Crippen LogP contribution in [0.5, 0.6) is 0 Å². The Balaban J connectivity index is 2.32. The highest BCUT2D eigenvalue weighted by atomic mass is 16.4. The molecule has 2 aliphatic rings. The molecule has 0 saturated heterocycles. The molecule has 2 aliphatic carbocycles. The summed E-state index contributed by atoms with van der Waals surface area (Å²) in [5, 5.41) is 17.9. The van der Waals surface area contributed by atoms with Gasteiger partial charge in [-0.2, -0.15) is 0 Å². The molecule has 5 heteroatoms. The number of hydrogen-bond acceptors (Lipinski definition) is 3. The van der Waals surface area contributed by atoms with E-state index >= 15 is 0 Å². The third kappa shape index (κ3) is 0.930. The molecule has 78 valence electrons. The van der Waals surface area contributed by atoms with Crippen LogP contribution in [0.15, 0.2) is 0 Å². The lowest BCUT2D eigenvalue weighted by molar-refractivity contribution is -0.147. The van der Waals surface area contributed by atoms with Crippen LogP contribution in [0, 0.1) is 17.8 Å². The lowest BCUT2D eigenvalue weighted by atomic mass is 9.85. The highest BCUT2D eigenvalue weighted by Crippen LogP contribution is 2.54. The number of hydrogen-bond donors (Lipinski definition) is 3. The van der Waals surface area contributed by atoms with E-state index in [0.29, 0.717) is 12.8 Å². The second-order valence-electron chi connectivity index (χ2n) is 4.30. The molecule has 0 spiro atoms. The molecule has 2 saturated carbocycles. The van der Waals surface area contributed by atoms with E-state index in [1.807, 2.05) is 0 Å². The molecule has 2 rings (SSSR count). The molecule has 14 heavy (non-hydrogen) atoms. The van der Waals surface area contributed by atoms with Gasteiger partial charge in [-0.05, 0) is 25.2 Å². The third-order valence-corrected chi connectivity index (χ3v) is 3.83. The van der Waals surface area contributed by atoms with Crippen molar-refractivity contribution >= 4 is 11.9 Å². The van der Waals surface area contributed by atoms with Crippen LogP contribution in [0.25, 0.3) is 0 Å². The van der Waals surface area contributed by atoms with Crippen molar-refractivity contribution in [2.75, 3.05) is 0 Å². The fourth-order valence-electron chi connectivity index (χ4n) is 3.09. The van der Waals surface area contributed by atoms with Gasteiger partial charge in [0.05, 0.1) is 5.92 Å². The number of nitrogens with two attached hydrogens (primary N) is 1. The first-order valence-electron chi connectivity index (χ1n) is 4.73. The second kappa shape index (κ2) is 2.70. The van der Waals surface area contributed by atoms with Crippen molar-refractivity contribution in [3.8, 4) is 0 Å². The Labute approximate surface area is 80.9 Å². The Bertz CT molecular complexity index is 303. The summed E-state index contributed by atoms with van der Waals surface area (Å²) in [6.45, 7) is 0. The lowest BCUT2D eigenvalue weighted by Gasteiger charge is -2.24. The zero-order valence-electron chi connectivity index (χ0n) is 7.64. The molecule has 0 aromatic heterocycles. The van der Waals surface area contributed by atoms with Gasteiger partial charge in [0, 0.05) is 5.92 Å². The van der Waals surface area contributed by atoms with Crippen LogP contribution in [-0.4, -0.2) is 27.7 Å². The van der Waals surface area contributed by atoms with Gasteiger partial charge >= 0.3 is 11.9 Å². The van der Waals surface area contributed by atoms with Crippen molar-refractivity contribution in [1.29, 1.82) is 0 Å². The predicted octanol–water partition coefficient (Wildman–Crippen LogP) is -0.101. The van der Waals surface area contributed by atoms with E-state index in [1.165, 1.54) is 0 Å². The Morgan fingerprint density at radius 2 is 1.93 bits per heavy atom. The monoisotopic (exact) mass is 199 g/mol. The molecule has 0 unspecified atom stereocenters. The third-order valence-electron chi connectivity index (χ3n) is 3.83. The summed E-state index contributed by atoms with van der Waals surface area (Å²) in [6.07, 6.45) is 1.80. The van der Waals surface area contributed by atoms with Crippen molar-refractivity contribution in [2.24, 2.45) is 23.5 Å². The van der Waals surface area contributed by atoms with Crippen molar-refractivity contribution in [1.82, 2.24) is 0 Å². The van der Waals surface area contributed by atoms with Crippen LogP contribution < -0.4 is 5.73 Å². The molecule has 2 bridgehead atoms. The summed E-state index contributed by atoms with van der Waals surface area (Å²) >= 11 is 0. The topological polar surface area (TPSA) is 101 Å². The normalized spacial score (nSPS) is 45.4. The van der Waals surface area contributed by atoms with E-state index in [2.05, 4.69) is 0 Å². The summed E-state index contributed by atoms with van der Waals surface area (Å²) < 4.78 is 0. The zero-order valence-corrected chi connectivity index (χ0v) is 7.64. The van der Waals surface area contributed by atoms with E-state index in [-0.39, 0.29) is 11.8 Å². The minimum Gasteiger partial charge on any atom is -0.481 e. The van der Waals surface area contributed by atoms with Gasteiger partial charge in [0.2, 0.25) is 0 Å². The van der Waals surface area contributed by atoms with E-state index in [0.717, 1.165) is 6.42 Å². The number of carboxylic acid groups (broad SMARTS) is 2. The van der Waals surface area contributed by atoms with Crippen molar-refractivity contribution in [3.63, 3.8) is 0 Å². The van der Waals surface area contributed by atoms with Crippen LogP contribution in [0.4, 0.5) is 0 Å². The van der Waals surface area contributed by atoms with Gasteiger partial charge in [0.25, 0.3) is 0 Å². The Morgan fingerprint density at radius 3 is 2.29 bits per heavy atom. The van der Waals surface area contributed by atoms with Crippen LogP contribution in [0.1, 0.15) is 19.3 Å². The highest BCUT2D eigenvalue weighted by Gasteiger charge is 2.63. The summed E-state index contributed by atoms with van der Waals surface area (Å²) in [6, 6.07) is 0. The smallest absolute Gasteiger partial charge is 0.324 e. The van der Waals surface area contributed by atoms with E-state index < -0.39 is 23.4 Å². The fraction of sp³-hybridized carbons (Fsp3) is 0.778. The Hall–Kier alpha value is -1.10. The molecule has 5 nitrogen and oxygen atoms in total. The van der Waals surface area contributed by atoms with E-state index in [4.69, 9.17) is 15.9 Å². The van der Waals surface area contributed by atoms with Gasteiger partial charge in [0.15, 0.2) is 0 Å². The second-order valence-corrected chi connectivity index (χ2v) is 4.30. The average Bonchev–Trinajstić information content (AvgIpc) is 2.58. The molecule has 2 fully saturated rings. The van der Waals surface area contributed by atoms with E-state index in [1.54, 1.807) is 0 Å². The number of fused-ring (bicyclic) bond motifs is 2. The molecule has 0 aromatic carbocycles. The highest BCUT2D eigenvalue weighted by molar-refractivity contribution is 5.83. The van der Waals surface area contributed by atoms with Crippen LogP contribution in [0.3, 0.4) is 0 Å². The van der Waals surface area contributed by atoms with Gasteiger partial charge in [-0.3, -0.25) is 9.59 Å². The summed E-state index contributed by atoms with van der Waals surface area (Å²) in [7, 11) is 0. The maximum atomic E-state index is 11.0. The number of rotatable bonds is 2. The molecule has 0 amide bonds.